The van der Waals surface area contributed by atoms with Gasteiger partial charge >= 0.3 is 6.09 Å². The Morgan fingerprint density at radius 3 is 2.35 bits per heavy atom. The van der Waals surface area contributed by atoms with Crippen LogP contribution in [0, 0.1) is 0 Å². The van der Waals surface area contributed by atoms with Gasteiger partial charge in [-0.1, -0.05) is 0 Å². The fraction of sp³-hybridized carbons (Fsp3) is 0.625. The van der Waals surface area contributed by atoms with Gasteiger partial charge in [0.25, 0.3) is 0 Å². The third-order valence-electron chi connectivity index (χ3n) is 5.53. The second-order valence-electron chi connectivity index (χ2n) is 9.74. The highest BCUT2D eigenvalue weighted by Gasteiger charge is 2.27. The van der Waals surface area contributed by atoms with Crippen LogP contribution in [0.4, 0.5) is 16.6 Å². The minimum atomic E-state index is -0.498. The minimum Gasteiger partial charge on any atom is -0.493 e. The molecule has 3 rings (SSSR count). The molecule has 10 nitrogen and oxygen atoms in total. The number of carbonyl (C=O) groups excluding carboxylic acids is 1. The molecule has 1 amide bonds. The van der Waals surface area contributed by atoms with E-state index in [4.69, 9.17) is 24.2 Å². The van der Waals surface area contributed by atoms with Crippen molar-refractivity contribution in [3.05, 3.63) is 12.1 Å². The molecule has 0 saturated carbocycles. The first-order valence-corrected chi connectivity index (χ1v) is 11.7. The number of amides is 1. The lowest BCUT2D eigenvalue weighted by molar-refractivity contribution is 0.0210. The smallest absolute Gasteiger partial charge is 0.410 e. The lowest BCUT2D eigenvalue weighted by Gasteiger charge is -2.34. The number of nitrogens with one attached hydrogen (secondary N) is 2. The molecule has 2 N–H and O–H groups in total. The molecule has 0 aliphatic carbocycles. The molecule has 0 spiro atoms. The third-order valence-corrected chi connectivity index (χ3v) is 5.53. The predicted molar refractivity (Wildman–Crippen MR) is 134 cm³/mol. The van der Waals surface area contributed by atoms with Crippen LogP contribution in [0.5, 0.6) is 11.5 Å². The summed E-state index contributed by atoms with van der Waals surface area (Å²) in [6, 6.07) is 3.93. The number of methoxy groups -OCH3 is 2. The van der Waals surface area contributed by atoms with E-state index in [0.717, 1.165) is 42.7 Å². The first-order chi connectivity index (χ1) is 16.1. The number of piperidine rings is 1. The van der Waals surface area contributed by atoms with Crippen molar-refractivity contribution in [1.82, 2.24) is 19.8 Å². The standard InChI is InChI=1S/C24H38N6O4/c1-24(2,3)34-23(31)30-11-8-16(9-12-30)26-21-17-14-19(32-6)20(33-7)15-18(17)27-22(28-21)25-10-13-29(4)5/h14-16H,8-13H2,1-7H3,(H2,25,26,27,28). The number of hydrogen-bond acceptors (Lipinski definition) is 9. The van der Waals surface area contributed by atoms with Crippen molar-refractivity contribution in [3.8, 4) is 11.5 Å². The number of rotatable bonds is 8. The highest BCUT2D eigenvalue weighted by molar-refractivity contribution is 5.92. The van der Waals surface area contributed by atoms with E-state index < -0.39 is 5.60 Å². The lowest BCUT2D eigenvalue weighted by atomic mass is 10.0. The zero-order valence-corrected chi connectivity index (χ0v) is 21.4. The summed E-state index contributed by atoms with van der Waals surface area (Å²) < 4.78 is 16.5. The van der Waals surface area contributed by atoms with Crippen LogP contribution in [0.2, 0.25) is 0 Å². The van der Waals surface area contributed by atoms with Gasteiger partial charge in [0.1, 0.15) is 11.4 Å². The van der Waals surface area contributed by atoms with Crippen molar-refractivity contribution in [2.24, 2.45) is 0 Å². The lowest BCUT2D eigenvalue weighted by Crippen LogP contribution is -2.44. The molecular formula is C24H38N6O4. The van der Waals surface area contributed by atoms with Crippen LogP contribution >= 0.6 is 0 Å². The van der Waals surface area contributed by atoms with E-state index in [1.54, 1.807) is 19.1 Å². The Labute approximate surface area is 202 Å². The molecule has 2 heterocycles. The minimum absolute atomic E-state index is 0.166. The number of fused-ring (bicyclic) bond motifs is 1. The molecule has 1 aliphatic heterocycles. The summed E-state index contributed by atoms with van der Waals surface area (Å²) in [7, 11) is 7.27. The summed E-state index contributed by atoms with van der Waals surface area (Å²) in [6.45, 7) is 8.48. The van der Waals surface area contributed by atoms with Gasteiger partial charge in [-0.05, 0) is 53.8 Å². The predicted octanol–water partition coefficient (Wildman–Crippen LogP) is 3.43. The van der Waals surface area contributed by atoms with Crippen molar-refractivity contribution in [3.63, 3.8) is 0 Å². The number of nitrogens with zero attached hydrogens (tertiary/aromatic N) is 4. The third kappa shape index (κ3) is 6.75. The van der Waals surface area contributed by atoms with Crippen LogP contribution in [0.3, 0.4) is 0 Å². The second-order valence-corrected chi connectivity index (χ2v) is 9.74. The van der Waals surface area contributed by atoms with Gasteiger partial charge in [-0.2, -0.15) is 4.98 Å². The SMILES string of the molecule is COc1cc2nc(NCCN(C)C)nc(NC3CCN(C(=O)OC(C)(C)C)CC3)c2cc1OC. The number of hydrogen-bond donors (Lipinski definition) is 2. The van der Waals surface area contributed by atoms with Gasteiger partial charge in [0.2, 0.25) is 5.95 Å². The molecule has 2 aromatic rings. The van der Waals surface area contributed by atoms with E-state index in [2.05, 4.69) is 15.5 Å². The monoisotopic (exact) mass is 474 g/mol. The van der Waals surface area contributed by atoms with Crippen molar-refractivity contribution in [1.29, 1.82) is 0 Å². The quantitative estimate of drug-likeness (QED) is 0.596. The topological polar surface area (TPSA) is 101 Å². The first kappa shape index (κ1) is 25.6. The molecule has 34 heavy (non-hydrogen) atoms. The number of aromatic nitrogens is 2. The molecule has 1 aromatic carbocycles. The summed E-state index contributed by atoms with van der Waals surface area (Å²) in [4.78, 5) is 25.7. The van der Waals surface area contributed by atoms with E-state index in [-0.39, 0.29) is 12.1 Å². The van der Waals surface area contributed by atoms with E-state index in [0.29, 0.717) is 30.5 Å². The van der Waals surface area contributed by atoms with E-state index >= 15 is 0 Å². The fourth-order valence-corrected chi connectivity index (χ4v) is 3.76. The summed E-state index contributed by atoms with van der Waals surface area (Å²) in [5.74, 6) is 2.52. The van der Waals surface area contributed by atoms with Gasteiger partial charge in [0.05, 0.1) is 19.7 Å². The Kier molecular flexibility index (Phi) is 8.24. The average Bonchev–Trinajstić information content (AvgIpc) is 2.77. The van der Waals surface area contributed by atoms with E-state index in [9.17, 15) is 4.79 Å². The summed E-state index contributed by atoms with van der Waals surface area (Å²) in [5, 5.41) is 7.75. The summed E-state index contributed by atoms with van der Waals surface area (Å²) in [5.41, 5.74) is 0.260. The molecule has 188 valence electrons. The van der Waals surface area contributed by atoms with Gasteiger partial charge in [-0.3, -0.25) is 0 Å². The highest BCUT2D eigenvalue weighted by atomic mass is 16.6. The van der Waals surface area contributed by atoms with Gasteiger partial charge in [0.15, 0.2) is 11.5 Å². The maximum absolute atomic E-state index is 12.4. The van der Waals surface area contributed by atoms with Crippen LogP contribution in [0.15, 0.2) is 12.1 Å². The van der Waals surface area contributed by atoms with Gasteiger partial charge in [-0.15, -0.1) is 0 Å². The Balaban J connectivity index is 1.80. The summed E-state index contributed by atoms with van der Waals surface area (Å²) >= 11 is 0. The van der Waals surface area contributed by atoms with Gasteiger partial charge in [-0.25, -0.2) is 9.78 Å². The molecule has 1 aliphatic rings. The van der Waals surface area contributed by atoms with Crippen molar-refractivity contribution in [2.45, 2.75) is 45.3 Å². The summed E-state index contributed by atoms with van der Waals surface area (Å²) in [6.07, 6.45) is 1.32. The van der Waals surface area contributed by atoms with E-state index in [1.807, 2.05) is 47.0 Å². The molecular weight excluding hydrogens is 436 g/mol. The van der Waals surface area contributed by atoms with Crippen molar-refractivity contribution in [2.75, 3.05) is 65.1 Å². The highest BCUT2D eigenvalue weighted by Crippen LogP contribution is 2.35. The molecule has 0 atom stereocenters. The van der Waals surface area contributed by atoms with Crippen molar-refractivity contribution < 1.29 is 19.0 Å². The molecule has 1 fully saturated rings. The zero-order chi connectivity index (χ0) is 24.9. The maximum atomic E-state index is 12.4. The normalized spacial score (nSPS) is 14.9. The maximum Gasteiger partial charge on any atom is 0.410 e. The number of benzene rings is 1. The van der Waals surface area contributed by atoms with Gasteiger partial charge < -0.3 is 34.6 Å². The number of likely N-dealkylation sites (tertiary alicyclic amines) is 1. The van der Waals surface area contributed by atoms with Crippen LogP contribution in [-0.4, -0.2) is 92.0 Å². The van der Waals surface area contributed by atoms with E-state index in [1.165, 1.54) is 0 Å². The van der Waals surface area contributed by atoms with Crippen LogP contribution in [-0.2, 0) is 4.74 Å². The Morgan fingerprint density at radius 1 is 1.12 bits per heavy atom. The zero-order valence-electron chi connectivity index (χ0n) is 21.4. The second kappa shape index (κ2) is 10.9. The Morgan fingerprint density at radius 2 is 1.76 bits per heavy atom. The molecule has 1 saturated heterocycles. The molecule has 10 heteroatoms. The number of carbonyl (C=O) groups is 1. The Hall–Kier alpha value is -3.01. The van der Waals surface area contributed by atoms with Crippen LogP contribution in [0.1, 0.15) is 33.6 Å². The Bertz CT molecular complexity index is 984. The number of likely N-dealkylation sites (N-methyl/N-ethyl adjacent to an activating group) is 1. The van der Waals surface area contributed by atoms with Crippen LogP contribution < -0.4 is 20.1 Å². The molecule has 0 bridgehead atoms. The molecule has 0 radical (unpaired) electrons. The number of anilines is 2. The number of ether oxygens (including phenoxy) is 3. The van der Waals surface area contributed by atoms with Gasteiger partial charge in [0, 0.05) is 43.7 Å². The fourth-order valence-electron chi connectivity index (χ4n) is 3.76. The van der Waals surface area contributed by atoms with Crippen LogP contribution in [0.25, 0.3) is 10.9 Å². The molecule has 0 unspecified atom stereocenters. The first-order valence-electron chi connectivity index (χ1n) is 11.7. The molecule has 1 aromatic heterocycles. The largest absolute Gasteiger partial charge is 0.493 e. The average molecular weight is 475 g/mol. The van der Waals surface area contributed by atoms with Crippen molar-refractivity contribution >= 4 is 28.8 Å².